The number of rotatable bonds is 5. The van der Waals surface area contributed by atoms with Crippen LogP contribution in [0, 0.1) is 11.3 Å². The zero-order chi connectivity index (χ0) is 13.4. The van der Waals surface area contributed by atoms with Crippen molar-refractivity contribution in [1.82, 2.24) is 5.32 Å². The lowest BCUT2D eigenvalue weighted by atomic mass is 10.1. The van der Waals surface area contributed by atoms with Gasteiger partial charge in [0.2, 0.25) is 0 Å². The van der Waals surface area contributed by atoms with E-state index in [4.69, 9.17) is 16.9 Å². The third kappa shape index (κ3) is 4.48. The molecule has 4 nitrogen and oxygen atoms in total. The molecule has 0 aliphatic heterocycles. The van der Waals surface area contributed by atoms with E-state index in [9.17, 15) is 4.79 Å². The molecule has 0 aromatic heterocycles. The van der Waals surface area contributed by atoms with E-state index in [1.165, 1.54) is 13.3 Å². The van der Waals surface area contributed by atoms with E-state index in [0.29, 0.717) is 17.0 Å². The van der Waals surface area contributed by atoms with Gasteiger partial charge in [-0.15, -0.1) is 0 Å². The Morgan fingerprint density at radius 2 is 2.28 bits per heavy atom. The Kier molecular flexibility index (Phi) is 5.75. The summed E-state index contributed by atoms with van der Waals surface area (Å²) in [6.07, 6.45) is 1.92. The van der Waals surface area contributed by atoms with E-state index in [-0.39, 0.29) is 12.5 Å². The second-order valence-corrected chi connectivity index (χ2v) is 3.91. The van der Waals surface area contributed by atoms with Gasteiger partial charge in [-0.25, -0.2) is 0 Å². The Morgan fingerprint density at radius 1 is 1.56 bits per heavy atom. The lowest BCUT2D eigenvalue weighted by molar-refractivity contribution is -0.139. The van der Waals surface area contributed by atoms with Crippen LogP contribution < -0.4 is 5.32 Å². The molecule has 0 bridgehead atoms. The van der Waals surface area contributed by atoms with Crippen LogP contribution in [0.4, 0.5) is 0 Å². The summed E-state index contributed by atoms with van der Waals surface area (Å²) < 4.78 is 4.47. The first kappa shape index (κ1) is 14.1. The van der Waals surface area contributed by atoms with Gasteiger partial charge < -0.3 is 10.1 Å². The van der Waals surface area contributed by atoms with Gasteiger partial charge in [0.05, 0.1) is 13.2 Å². The second kappa shape index (κ2) is 7.36. The van der Waals surface area contributed by atoms with Crippen LogP contribution in [-0.2, 0) is 16.0 Å². The molecule has 0 radical (unpaired) electrons. The van der Waals surface area contributed by atoms with E-state index < -0.39 is 0 Å². The number of benzene rings is 1. The van der Waals surface area contributed by atoms with E-state index >= 15 is 0 Å². The number of hydrogen-bond donors (Lipinski definition) is 1. The summed E-state index contributed by atoms with van der Waals surface area (Å²) >= 11 is 6.00. The van der Waals surface area contributed by atoms with Crippen LogP contribution in [-0.4, -0.2) is 19.6 Å². The number of carbonyl (C=O) groups is 1. The molecule has 0 unspecified atom stereocenters. The second-order valence-electron chi connectivity index (χ2n) is 3.51. The molecule has 0 amide bonds. The van der Waals surface area contributed by atoms with Crippen molar-refractivity contribution in [3.63, 3.8) is 0 Å². The number of nitrogens with zero attached hydrogens (tertiary/aromatic N) is 1. The summed E-state index contributed by atoms with van der Waals surface area (Å²) in [7, 11) is 1.31. The number of hydrogen-bond acceptors (Lipinski definition) is 4. The lowest BCUT2D eigenvalue weighted by Crippen LogP contribution is -2.19. The third-order valence-corrected chi connectivity index (χ3v) is 2.60. The van der Waals surface area contributed by atoms with Crippen molar-refractivity contribution in [3.8, 4) is 6.07 Å². The maximum absolute atomic E-state index is 10.9. The minimum Gasteiger partial charge on any atom is -0.468 e. The van der Waals surface area contributed by atoms with Crippen molar-refractivity contribution in [2.75, 3.05) is 13.7 Å². The maximum atomic E-state index is 10.9. The summed E-state index contributed by atoms with van der Waals surface area (Å²) in [5.74, 6) is -0.388. The fourth-order valence-corrected chi connectivity index (χ4v) is 1.50. The minimum atomic E-state index is -0.388. The molecule has 0 saturated carbocycles. The summed E-state index contributed by atoms with van der Waals surface area (Å²) in [6.45, 7) is 0.0319. The molecule has 0 fully saturated rings. The molecule has 0 spiro atoms. The van der Waals surface area contributed by atoms with Crippen LogP contribution in [0.3, 0.4) is 0 Å². The average Bonchev–Trinajstić information content (AvgIpc) is 2.39. The lowest BCUT2D eigenvalue weighted by Gasteiger charge is -2.03. The first-order valence-corrected chi connectivity index (χ1v) is 5.68. The van der Waals surface area contributed by atoms with E-state index in [1.54, 1.807) is 6.07 Å². The Labute approximate surface area is 111 Å². The fraction of sp³-hybridized carbons (Fsp3) is 0.231. The quantitative estimate of drug-likeness (QED) is 0.653. The van der Waals surface area contributed by atoms with Gasteiger partial charge in [0.25, 0.3) is 0 Å². The highest BCUT2D eigenvalue weighted by molar-refractivity contribution is 6.31. The molecule has 0 heterocycles. The van der Waals surface area contributed by atoms with Crippen LogP contribution in [0.5, 0.6) is 0 Å². The molecule has 5 heteroatoms. The van der Waals surface area contributed by atoms with Crippen LogP contribution in [0.1, 0.15) is 5.56 Å². The SMILES string of the molecule is COC(=O)CN/C=C(\C#N)Cc1ccccc1Cl. The van der Waals surface area contributed by atoms with Crippen LogP contribution in [0.25, 0.3) is 0 Å². The molecule has 1 aromatic carbocycles. The zero-order valence-corrected chi connectivity index (χ0v) is 10.7. The van der Waals surface area contributed by atoms with Crippen molar-refractivity contribution >= 4 is 17.6 Å². The van der Waals surface area contributed by atoms with Gasteiger partial charge in [0.1, 0.15) is 6.54 Å². The standard InChI is InChI=1S/C13H13ClN2O2/c1-18-13(17)9-16-8-10(7-15)6-11-4-2-3-5-12(11)14/h2-5,8,16H,6,9H2,1H3/b10-8-. The molecule has 0 aliphatic carbocycles. The topological polar surface area (TPSA) is 62.1 Å². The molecule has 0 aliphatic rings. The number of nitriles is 1. The smallest absolute Gasteiger partial charge is 0.325 e. The predicted octanol–water partition coefficient (Wildman–Crippen LogP) is 2.05. The highest BCUT2D eigenvalue weighted by atomic mass is 35.5. The molecule has 18 heavy (non-hydrogen) atoms. The number of allylic oxidation sites excluding steroid dienone is 1. The predicted molar refractivity (Wildman–Crippen MR) is 68.9 cm³/mol. The molecule has 1 N–H and O–H groups in total. The van der Waals surface area contributed by atoms with Gasteiger partial charge in [-0.05, 0) is 11.6 Å². The number of halogens is 1. The number of ether oxygens (including phenoxy) is 1. The van der Waals surface area contributed by atoms with E-state index in [0.717, 1.165) is 5.56 Å². The minimum absolute atomic E-state index is 0.0319. The first-order valence-electron chi connectivity index (χ1n) is 5.30. The van der Waals surface area contributed by atoms with Gasteiger partial charge >= 0.3 is 5.97 Å². The van der Waals surface area contributed by atoms with Crippen LogP contribution in [0.15, 0.2) is 36.0 Å². The number of nitrogens with one attached hydrogen (secondary N) is 1. The summed E-state index contributed by atoms with van der Waals surface area (Å²) in [5, 5.41) is 12.3. The zero-order valence-electron chi connectivity index (χ0n) is 9.94. The largest absolute Gasteiger partial charge is 0.468 e. The molecule has 0 saturated heterocycles. The Bertz CT molecular complexity index is 492. The summed E-state index contributed by atoms with van der Waals surface area (Å²) in [6, 6.07) is 9.37. The number of methoxy groups -OCH3 is 1. The van der Waals surface area contributed by atoms with Crippen molar-refractivity contribution in [1.29, 1.82) is 5.26 Å². The van der Waals surface area contributed by atoms with Gasteiger partial charge in [0.15, 0.2) is 0 Å². The monoisotopic (exact) mass is 264 g/mol. The van der Waals surface area contributed by atoms with Gasteiger partial charge in [0, 0.05) is 23.2 Å². The molecule has 94 valence electrons. The summed E-state index contributed by atoms with van der Waals surface area (Å²) in [5.41, 5.74) is 1.36. The van der Waals surface area contributed by atoms with Crippen molar-refractivity contribution in [3.05, 3.63) is 46.6 Å². The number of carbonyl (C=O) groups excluding carboxylic acids is 1. The van der Waals surface area contributed by atoms with Crippen molar-refractivity contribution in [2.24, 2.45) is 0 Å². The fourth-order valence-electron chi connectivity index (χ4n) is 1.30. The summed E-state index contributed by atoms with van der Waals surface area (Å²) in [4.78, 5) is 10.9. The van der Waals surface area contributed by atoms with Gasteiger partial charge in [-0.3, -0.25) is 4.79 Å². The maximum Gasteiger partial charge on any atom is 0.325 e. The number of esters is 1. The van der Waals surface area contributed by atoms with Gasteiger partial charge in [-0.1, -0.05) is 29.8 Å². The molecular weight excluding hydrogens is 252 g/mol. The third-order valence-electron chi connectivity index (χ3n) is 2.23. The highest BCUT2D eigenvalue weighted by Gasteiger charge is 2.03. The Morgan fingerprint density at radius 3 is 2.89 bits per heavy atom. The first-order chi connectivity index (χ1) is 8.67. The van der Waals surface area contributed by atoms with Crippen molar-refractivity contribution in [2.45, 2.75) is 6.42 Å². The van der Waals surface area contributed by atoms with Crippen LogP contribution >= 0.6 is 11.6 Å². The van der Waals surface area contributed by atoms with Gasteiger partial charge in [-0.2, -0.15) is 5.26 Å². The highest BCUT2D eigenvalue weighted by Crippen LogP contribution is 2.17. The Balaban J connectivity index is 2.63. The molecule has 1 rings (SSSR count). The van der Waals surface area contributed by atoms with Crippen LogP contribution in [0.2, 0.25) is 5.02 Å². The van der Waals surface area contributed by atoms with E-state index in [1.807, 2.05) is 18.2 Å². The average molecular weight is 265 g/mol. The molecular formula is C13H13ClN2O2. The van der Waals surface area contributed by atoms with Crippen molar-refractivity contribution < 1.29 is 9.53 Å². The van der Waals surface area contributed by atoms with E-state index in [2.05, 4.69) is 16.1 Å². The normalized spacial score (nSPS) is 10.6. The molecule has 0 atom stereocenters. The molecule has 1 aromatic rings. The Hall–Kier alpha value is -1.99.